The molecule has 1 aromatic rings. The summed E-state index contributed by atoms with van der Waals surface area (Å²) < 4.78 is 1.68. The van der Waals surface area contributed by atoms with Gasteiger partial charge in [0, 0.05) is 36.9 Å². The molecule has 1 aliphatic heterocycles. The van der Waals surface area contributed by atoms with Crippen LogP contribution in [0.5, 0.6) is 0 Å². The van der Waals surface area contributed by atoms with Crippen molar-refractivity contribution in [2.45, 2.75) is 39.3 Å². The molecule has 1 atom stereocenters. The average Bonchev–Trinajstić information content (AvgIpc) is 2.84. The third-order valence-corrected chi connectivity index (χ3v) is 3.89. The van der Waals surface area contributed by atoms with Gasteiger partial charge in [0.1, 0.15) is 0 Å². The largest absolute Gasteiger partial charge is 0.481 e. The summed E-state index contributed by atoms with van der Waals surface area (Å²) in [7, 11) is 0. The Morgan fingerprint density at radius 3 is 3.05 bits per heavy atom. The molecule has 1 aromatic heterocycles. The summed E-state index contributed by atoms with van der Waals surface area (Å²) in [6, 6.07) is 0. The van der Waals surface area contributed by atoms with E-state index in [0.717, 1.165) is 38.0 Å². The first kappa shape index (κ1) is 15.0. The lowest BCUT2D eigenvalue weighted by Crippen LogP contribution is -2.43. The standard InChI is InChI=1S/C14H23N3O3/c1-14(11-18)4-2-5-16(10-14)8-12-7-15-17(9-12)6-3-13(19)20/h7,9,18H,2-6,8,10-11H2,1H3,(H,19,20). The van der Waals surface area contributed by atoms with Crippen molar-refractivity contribution in [1.29, 1.82) is 0 Å². The zero-order valence-corrected chi connectivity index (χ0v) is 12.0. The maximum atomic E-state index is 10.5. The number of rotatable bonds is 6. The number of aryl methyl sites for hydroxylation is 1. The molecule has 0 amide bonds. The number of aliphatic hydroxyl groups is 1. The normalized spacial score (nSPS) is 23.9. The minimum Gasteiger partial charge on any atom is -0.481 e. The molecule has 2 rings (SSSR count). The molecule has 1 unspecified atom stereocenters. The van der Waals surface area contributed by atoms with Crippen LogP contribution in [0.1, 0.15) is 31.7 Å². The van der Waals surface area contributed by atoms with E-state index in [1.165, 1.54) is 0 Å². The van der Waals surface area contributed by atoms with Gasteiger partial charge in [0.25, 0.3) is 0 Å². The van der Waals surface area contributed by atoms with Crippen LogP contribution in [0.2, 0.25) is 0 Å². The Kier molecular flexibility index (Phi) is 4.77. The first-order chi connectivity index (χ1) is 9.50. The van der Waals surface area contributed by atoms with Gasteiger partial charge in [-0.05, 0) is 19.4 Å². The third kappa shape index (κ3) is 4.05. The van der Waals surface area contributed by atoms with Crippen LogP contribution < -0.4 is 0 Å². The van der Waals surface area contributed by atoms with Gasteiger partial charge in [0.2, 0.25) is 0 Å². The van der Waals surface area contributed by atoms with E-state index >= 15 is 0 Å². The first-order valence-corrected chi connectivity index (χ1v) is 7.07. The Balaban J connectivity index is 1.88. The zero-order valence-electron chi connectivity index (χ0n) is 12.0. The summed E-state index contributed by atoms with van der Waals surface area (Å²) in [5, 5.41) is 22.3. The molecule has 1 saturated heterocycles. The average molecular weight is 281 g/mol. The molecule has 20 heavy (non-hydrogen) atoms. The molecule has 0 radical (unpaired) electrons. The van der Waals surface area contributed by atoms with Gasteiger partial charge < -0.3 is 10.2 Å². The lowest BCUT2D eigenvalue weighted by molar-refractivity contribution is -0.137. The number of aromatic nitrogens is 2. The van der Waals surface area contributed by atoms with Gasteiger partial charge in [0.15, 0.2) is 0 Å². The third-order valence-electron chi connectivity index (χ3n) is 3.89. The van der Waals surface area contributed by atoms with Crippen molar-refractivity contribution in [1.82, 2.24) is 14.7 Å². The van der Waals surface area contributed by atoms with Crippen LogP contribution in [0.15, 0.2) is 12.4 Å². The van der Waals surface area contributed by atoms with Gasteiger partial charge in [-0.2, -0.15) is 5.10 Å². The number of carboxylic acids is 1. The summed E-state index contributed by atoms with van der Waals surface area (Å²) in [4.78, 5) is 12.9. The van der Waals surface area contributed by atoms with Crippen molar-refractivity contribution in [3.63, 3.8) is 0 Å². The molecule has 1 fully saturated rings. The molecular formula is C14H23N3O3. The van der Waals surface area contributed by atoms with E-state index in [2.05, 4.69) is 16.9 Å². The fraction of sp³-hybridized carbons (Fsp3) is 0.714. The first-order valence-electron chi connectivity index (χ1n) is 7.07. The van der Waals surface area contributed by atoms with Crippen LogP contribution in [-0.2, 0) is 17.9 Å². The molecule has 6 nitrogen and oxygen atoms in total. The van der Waals surface area contributed by atoms with Crippen LogP contribution in [0.25, 0.3) is 0 Å². The van der Waals surface area contributed by atoms with E-state index in [9.17, 15) is 9.90 Å². The fourth-order valence-electron chi connectivity index (χ4n) is 2.77. The molecular weight excluding hydrogens is 258 g/mol. The summed E-state index contributed by atoms with van der Waals surface area (Å²) in [5.74, 6) is -0.809. The lowest BCUT2D eigenvalue weighted by Gasteiger charge is -2.39. The van der Waals surface area contributed by atoms with Gasteiger partial charge in [-0.25, -0.2) is 0 Å². The van der Waals surface area contributed by atoms with Crippen LogP contribution in [0, 0.1) is 5.41 Å². The number of carboxylic acid groups (broad SMARTS) is 1. The van der Waals surface area contributed by atoms with Crippen molar-refractivity contribution in [3.05, 3.63) is 18.0 Å². The number of piperidine rings is 1. The summed E-state index contributed by atoms with van der Waals surface area (Å²) >= 11 is 0. The quantitative estimate of drug-likeness (QED) is 0.811. The molecule has 0 spiro atoms. The number of aliphatic hydroxyl groups excluding tert-OH is 1. The Bertz CT molecular complexity index is 460. The molecule has 2 N–H and O–H groups in total. The lowest BCUT2D eigenvalue weighted by atomic mass is 9.83. The second-order valence-corrected chi connectivity index (χ2v) is 6.04. The molecule has 0 aromatic carbocycles. The Hall–Kier alpha value is -1.40. The van der Waals surface area contributed by atoms with E-state index in [0.29, 0.717) is 6.54 Å². The SMILES string of the molecule is CC1(CO)CCCN(Cc2cnn(CCC(=O)O)c2)C1. The number of hydrogen-bond acceptors (Lipinski definition) is 4. The maximum absolute atomic E-state index is 10.5. The minimum absolute atomic E-state index is 0.00243. The van der Waals surface area contributed by atoms with E-state index in [-0.39, 0.29) is 18.4 Å². The monoisotopic (exact) mass is 281 g/mol. The predicted octanol–water partition coefficient (Wildman–Crippen LogP) is 0.952. The number of hydrogen-bond donors (Lipinski definition) is 2. The van der Waals surface area contributed by atoms with Crippen LogP contribution >= 0.6 is 0 Å². The maximum Gasteiger partial charge on any atom is 0.305 e. The highest BCUT2D eigenvalue weighted by atomic mass is 16.4. The number of carbonyl (C=O) groups is 1. The van der Waals surface area contributed by atoms with Crippen molar-refractivity contribution >= 4 is 5.97 Å². The summed E-state index contributed by atoms with van der Waals surface area (Å²) in [6.45, 7) is 5.49. The minimum atomic E-state index is -0.809. The van der Waals surface area contributed by atoms with Crippen molar-refractivity contribution in [3.8, 4) is 0 Å². The number of likely N-dealkylation sites (tertiary alicyclic amines) is 1. The topological polar surface area (TPSA) is 78.6 Å². The number of aliphatic carboxylic acids is 1. The Labute approximate surface area is 119 Å². The van der Waals surface area contributed by atoms with Gasteiger partial charge in [-0.1, -0.05) is 6.92 Å². The smallest absolute Gasteiger partial charge is 0.305 e. The molecule has 6 heteroatoms. The second-order valence-electron chi connectivity index (χ2n) is 6.04. The molecule has 0 saturated carbocycles. The van der Waals surface area contributed by atoms with Crippen LogP contribution in [0.4, 0.5) is 0 Å². The van der Waals surface area contributed by atoms with Crippen molar-refractivity contribution < 1.29 is 15.0 Å². The van der Waals surface area contributed by atoms with Gasteiger partial charge >= 0.3 is 5.97 Å². The molecule has 112 valence electrons. The Morgan fingerprint density at radius 1 is 1.55 bits per heavy atom. The fourth-order valence-corrected chi connectivity index (χ4v) is 2.77. The van der Waals surface area contributed by atoms with Gasteiger partial charge in [0.05, 0.1) is 19.2 Å². The highest BCUT2D eigenvalue weighted by molar-refractivity contribution is 5.66. The highest BCUT2D eigenvalue weighted by Gasteiger charge is 2.30. The molecule has 1 aliphatic rings. The highest BCUT2D eigenvalue weighted by Crippen LogP contribution is 2.29. The summed E-state index contributed by atoms with van der Waals surface area (Å²) in [6.07, 6.45) is 5.97. The molecule has 0 aliphatic carbocycles. The number of nitrogens with zero attached hydrogens (tertiary/aromatic N) is 3. The predicted molar refractivity (Wildman–Crippen MR) is 74.2 cm³/mol. The van der Waals surface area contributed by atoms with Gasteiger partial charge in [-0.15, -0.1) is 0 Å². The zero-order chi connectivity index (χ0) is 14.6. The molecule has 2 heterocycles. The van der Waals surface area contributed by atoms with Crippen LogP contribution in [0.3, 0.4) is 0 Å². The van der Waals surface area contributed by atoms with E-state index in [4.69, 9.17) is 5.11 Å². The van der Waals surface area contributed by atoms with E-state index in [1.807, 2.05) is 6.20 Å². The van der Waals surface area contributed by atoms with Crippen LogP contribution in [-0.4, -0.2) is 50.6 Å². The Morgan fingerprint density at radius 2 is 2.35 bits per heavy atom. The second kappa shape index (κ2) is 6.37. The van der Waals surface area contributed by atoms with Crippen molar-refractivity contribution in [2.24, 2.45) is 5.41 Å². The summed E-state index contributed by atoms with van der Waals surface area (Å²) in [5.41, 5.74) is 1.09. The molecule has 0 bridgehead atoms. The van der Waals surface area contributed by atoms with Crippen molar-refractivity contribution in [2.75, 3.05) is 19.7 Å². The van der Waals surface area contributed by atoms with E-state index in [1.54, 1.807) is 10.9 Å². The van der Waals surface area contributed by atoms with E-state index < -0.39 is 5.97 Å². The van der Waals surface area contributed by atoms with Gasteiger partial charge in [-0.3, -0.25) is 14.4 Å².